The van der Waals surface area contributed by atoms with Crippen LogP contribution in [0.4, 0.5) is 0 Å². The first-order valence-electron chi connectivity index (χ1n) is 7.15. The van der Waals surface area contributed by atoms with Crippen molar-refractivity contribution in [2.45, 2.75) is 62.6 Å². The van der Waals surface area contributed by atoms with Gasteiger partial charge in [0.25, 0.3) is 0 Å². The topological polar surface area (TPSA) is 126 Å². The predicted molar refractivity (Wildman–Crippen MR) is 71.7 cm³/mol. The van der Waals surface area contributed by atoms with Gasteiger partial charge in [0.1, 0.15) is 18.3 Å². The summed E-state index contributed by atoms with van der Waals surface area (Å²) in [6.45, 7) is 2.21. The third-order valence-electron chi connectivity index (χ3n) is 3.92. The lowest BCUT2D eigenvalue weighted by atomic mass is 9.95. The molecular weight excluding hydrogens is 303 g/mol. The lowest BCUT2D eigenvalue weighted by Gasteiger charge is -2.41. The summed E-state index contributed by atoms with van der Waals surface area (Å²) < 4.78 is 27.5. The van der Waals surface area contributed by atoms with Crippen molar-refractivity contribution in [3.63, 3.8) is 0 Å². The van der Waals surface area contributed by atoms with Crippen LogP contribution in [-0.2, 0) is 18.6 Å². The van der Waals surface area contributed by atoms with Gasteiger partial charge >= 0.3 is 7.60 Å². The Labute approximate surface area is 123 Å². The molecule has 0 bridgehead atoms. The minimum atomic E-state index is -3.74. The predicted octanol–water partition coefficient (Wildman–Crippen LogP) is -0.415. The van der Waals surface area contributed by atoms with Crippen LogP contribution >= 0.6 is 7.60 Å². The second kappa shape index (κ2) is 7.02. The Bertz CT molecular complexity index is 391. The average molecular weight is 326 g/mol. The molecule has 0 aliphatic carbocycles. The van der Waals surface area contributed by atoms with Crippen molar-refractivity contribution in [1.82, 2.24) is 0 Å². The van der Waals surface area contributed by atoms with E-state index in [1.807, 2.05) is 0 Å². The molecule has 0 spiro atoms. The Morgan fingerprint density at radius 3 is 2.57 bits per heavy atom. The fourth-order valence-corrected chi connectivity index (χ4v) is 4.30. The van der Waals surface area contributed by atoms with Crippen molar-refractivity contribution in [3.05, 3.63) is 0 Å². The highest BCUT2D eigenvalue weighted by atomic mass is 31.2. The summed E-state index contributed by atoms with van der Waals surface area (Å²) in [5.74, 6) is 0. The van der Waals surface area contributed by atoms with Gasteiger partial charge in [0, 0.05) is 6.61 Å². The summed E-state index contributed by atoms with van der Waals surface area (Å²) in [7, 11) is -3.74. The standard InChI is InChI=1S/C12H23O8P/c1-2-18-12-11(15)10(14)9(13)8(20-12)6-7-4-3-5-19-21(7,16)17/h7-15H,2-6H2,1H3,(H,16,17)/t7?,8-,9-,10+,11+,12+/m1/s1. The van der Waals surface area contributed by atoms with E-state index in [-0.39, 0.29) is 19.6 Å². The second-order valence-corrected chi connectivity index (χ2v) is 7.52. The Kier molecular flexibility index (Phi) is 5.78. The molecule has 0 aromatic carbocycles. The van der Waals surface area contributed by atoms with Crippen LogP contribution in [0.3, 0.4) is 0 Å². The van der Waals surface area contributed by atoms with Crippen LogP contribution in [0.15, 0.2) is 0 Å². The monoisotopic (exact) mass is 326 g/mol. The van der Waals surface area contributed by atoms with Crippen molar-refractivity contribution < 1.29 is 38.8 Å². The average Bonchev–Trinajstić information content (AvgIpc) is 2.43. The van der Waals surface area contributed by atoms with Gasteiger partial charge < -0.3 is 34.2 Å². The maximum Gasteiger partial charge on any atom is 0.331 e. The van der Waals surface area contributed by atoms with Crippen molar-refractivity contribution in [3.8, 4) is 0 Å². The lowest BCUT2D eigenvalue weighted by Crippen LogP contribution is -2.58. The molecule has 7 atom stereocenters. The van der Waals surface area contributed by atoms with Gasteiger partial charge in [-0.25, -0.2) is 0 Å². The van der Waals surface area contributed by atoms with Gasteiger partial charge in [-0.2, -0.15) is 0 Å². The van der Waals surface area contributed by atoms with Crippen molar-refractivity contribution in [2.24, 2.45) is 0 Å². The molecule has 2 unspecified atom stereocenters. The zero-order chi connectivity index (χ0) is 15.6. The van der Waals surface area contributed by atoms with E-state index in [4.69, 9.17) is 14.0 Å². The van der Waals surface area contributed by atoms with Crippen LogP contribution in [0.1, 0.15) is 26.2 Å². The van der Waals surface area contributed by atoms with E-state index in [0.29, 0.717) is 12.8 Å². The zero-order valence-electron chi connectivity index (χ0n) is 11.9. The van der Waals surface area contributed by atoms with Crippen molar-refractivity contribution in [2.75, 3.05) is 13.2 Å². The molecule has 8 nitrogen and oxygen atoms in total. The highest BCUT2D eigenvalue weighted by Gasteiger charge is 2.47. The molecule has 2 heterocycles. The minimum Gasteiger partial charge on any atom is -0.388 e. The summed E-state index contributed by atoms with van der Waals surface area (Å²) in [6, 6.07) is 0. The van der Waals surface area contributed by atoms with E-state index in [2.05, 4.69) is 0 Å². The largest absolute Gasteiger partial charge is 0.388 e. The molecule has 124 valence electrons. The molecule has 0 amide bonds. The van der Waals surface area contributed by atoms with E-state index >= 15 is 0 Å². The number of aliphatic hydroxyl groups excluding tert-OH is 3. The highest BCUT2D eigenvalue weighted by molar-refractivity contribution is 7.53. The molecule has 0 aromatic rings. The normalized spacial score (nSPS) is 48.2. The Morgan fingerprint density at radius 2 is 1.95 bits per heavy atom. The molecule has 0 radical (unpaired) electrons. The van der Waals surface area contributed by atoms with E-state index in [1.165, 1.54) is 0 Å². The second-order valence-electron chi connectivity index (χ2n) is 5.40. The third kappa shape index (κ3) is 3.83. The Hall–Kier alpha value is -0.0500. The van der Waals surface area contributed by atoms with Crippen LogP contribution < -0.4 is 0 Å². The molecular formula is C12H23O8P. The smallest absolute Gasteiger partial charge is 0.331 e. The summed E-state index contributed by atoms with van der Waals surface area (Å²) in [5.41, 5.74) is -0.657. The van der Waals surface area contributed by atoms with E-state index in [0.717, 1.165) is 0 Å². The van der Waals surface area contributed by atoms with E-state index in [1.54, 1.807) is 6.92 Å². The summed E-state index contributed by atoms with van der Waals surface area (Å²) in [4.78, 5) is 9.79. The molecule has 21 heavy (non-hydrogen) atoms. The molecule has 2 rings (SSSR count). The summed E-state index contributed by atoms with van der Waals surface area (Å²) >= 11 is 0. The van der Waals surface area contributed by atoms with Crippen LogP contribution in [0, 0.1) is 0 Å². The van der Waals surface area contributed by atoms with Crippen molar-refractivity contribution in [1.29, 1.82) is 0 Å². The number of hydrogen-bond donors (Lipinski definition) is 4. The van der Waals surface area contributed by atoms with Gasteiger partial charge in [-0.1, -0.05) is 0 Å². The first-order valence-corrected chi connectivity index (χ1v) is 8.79. The first-order chi connectivity index (χ1) is 9.86. The fourth-order valence-electron chi connectivity index (χ4n) is 2.72. The van der Waals surface area contributed by atoms with Gasteiger partial charge in [0.2, 0.25) is 0 Å². The van der Waals surface area contributed by atoms with Crippen LogP contribution in [0.5, 0.6) is 0 Å². The highest BCUT2D eigenvalue weighted by Crippen LogP contribution is 2.54. The molecule has 9 heteroatoms. The molecule has 0 saturated carbocycles. The van der Waals surface area contributed by atoms with Crippen LogP contribution in [-0.4, -0.2) is 69.8 Å². The number of hydrogen-bond acceptors (Lipinski definition) is 7. The lowest BCUT2D eigenvalue weighted by molar-refractivity contribution is -0.296. The molecule has 2 fully saturated rings. The number of aliphatic hydroxyl groups is 3. The maximum absolute atomic E-state index is 12.0. The quantitative estimate of drug-likeness (QED) is 0.514. The summed E-state index contributed by atoms with van der Waals surface area (Å²) in [5, 5.41) is 29.6. The minimum absolute atomic E-state index is 0.0578. The van der Waals surface area contributed by atoms with E-state index < -0.39 is 44.0 Å². The molecule has 0 aromatic heterocycles. The SMILES string of the molecule is CCO[C@H]1O[C@H](CC2CCCOP2(=O)O)[C@@H](O)[C@H](O)[C@@H]1O. The Morgan fingerprint density at radius 1 is 1.24 bits per heavy atom. The summed E-state index contributed by atoms with van der Waals surface area (Å²) in [6.07, 6.45) is -4.91. The van der Waals surface area contributed by atoms with Crippen LogP contribution in [0.2, 0.25) is 0 Å². The van der Waals surface area contributed by atoms with Gasteiger partial charge in [0.15, 0.2) is 6.29 Å². The van der Waals surface area contributed by atoms with Gasteiger partial charge in [0.05, 0.1) is 18.4 Å². The Balaban J connectivity index is 2.05. The van der Waals surface area contributed by atoms with E-state index in [9.17, 15) is 24.8 Å². The molecule has 2 saturated heterocycles. The fraction of sp³-hybridized carbons (Fsp3) is 1.00. The zero-order valence-corrected chi connectivity index (χ0v) is 12.8. The maximum atomic E-state index is 12.0. The van der Waals surface area contributed by atoms with Gasteiger partial charge in [-0.05, 0) is 26.2 Å². The molecule has 4 N–H and O–H groups in total. The third-order valence-corrected chi connectivity index (χ3v) is 5.87. The van der Waals surface area contributed by atoms with Crippen molar-refractivity contribution >= 4 is 7.60 Å². The molecule has 2 aliphatic heterocycles. The van der Waals surface area contributed by atoms with Gasteiger partial charge in [-0.3, -0.25) is 4.57 Å². The first kappa shape index (κ1) is 17.3. The number of ether oxygens (including phenoxy) is 2. The van der Waals surface area contributed by atoms with Gasteiger partial charge in [-0.15, -0.1) is 0 Å². The molecule has 2 aliphatic rings. The number of rotatable bonds is 4. The van der Waals surface area contributed by atoms with Crippen LogP contribution in [0.25, 0.3) is 0 Å².